The van der Waals surface area contributed by atoms with Crippen molar-refractivity contribution < 1.29 is 9.21 Å². The van der Waals surface area contributed by atoms with Crippen LogP contribution in [0.1, 0.15) is 19.1 Å². The summed E-state index contributed by atoms with van der Waals surface area (Å²) in [6.07, 6.45) is 1.19. The Hall–Kier alpha value is -1.52. The minimum atomic E-state index is 0. The first kappa shape index (κ1) is 15.9. The molecule has 1 aliphatic heterocycles. The Kier molecular flexibility index (Phi) is 5.26. The molecule has 0 unspecified atom stereocenters. The van der Waals surface area contributed by atoms with Crippen molar-refractivity contribution in [3.63, 3.8) is 0 Å². The standard InChI is InChI=1S/C16H20N2O2.ClH/c1-12-11-17-8-9-18(12)16(19)7-6-14-10-13-4-2-3-5-15(13)20-14;/h2-5,10,12,17H,6-9,11H2,1H3;1H/t12-;/m1./s1. The van der Waals surface area contributed by atoms with Gasteiger partial charge in [0.15, 0.2) is 0 Å². The van der Waals surface area contributed by atoms with Crippen molar-refractivity contribution in [2.24, 2.45) is 0 Å². The molecule has 1 aromatic carbocycles. The highest BCUT2D eigenvalue weighted by atomic mass is 35.5. The molecule has 1 aromatic heterocycles. The molecular formula is C16H21ClN2O2. The number of piperazine rings is 1. The fraction of sp³-hybridized carbons (Fsp3) is 0.438. The number of carbonyl (C=O) groups excluding carboxylic acids is 1. The van der Waals surface area contributed by atoms with E-state index in [1.807, 2.05) is 35.2 Å². The summed E-state index contributed by atoms with van der Waals surface area (Å²) in [6, 6.07) is 10.3. The molecule has 0 aliphatic carbocycles. The molecule has 1 fully saturated rings. The minimum absolute atomic E-state index is 0. The van der Waals surface area contributed by atoms with E-state index in [2.05, 4.69) is 12.2 Å². The Labute approximate surface area is 130 Å². The summed E-state index contributed by atoms with van der Waals surface area (Å²) < 4.78 is 5.75. The molecule has 1 amide bonds. The van der Waals surface area contributed by atoms with Gasteiger partial charge >= 0.3 is 0 Å². The molecule has 1 saturated heterocycles. The van der Waals surface area contributed by atoms with Crippen molar-refractivity contribution in [1.82, 2.24) is 10.2 Å². The van der Waals surface area contributed by atoms with E-state index < -0.39 is 0 Å². The van der Waals surface area contributed by atoms with Crippen LogP contribution in [0.25, 0.3) is 11.0 Å². The largest absolute Gasteiger partial charge is 0.461 e. The zero-order chi connectivity index (χ0) is 13.9. The van der Waals surface area contributed by atoms with Crippen molar-refractivity contribution in [1.29, 1.82) is 0 Å². The Morgan fingerprint density at radius 1 is 1.43 bits per heavy atom. The molecular weight excluding hydrogens is 288 g/mol. The van der Waals surface area contributed by atoms with E-state index in [-0.39, 0.29) is 24.4 Å². The molecule has 4 nitrogen and oxygen atoms in total. The average Bonchev–Trinajstić information content (AvgIpc) is 2.88. The molecule has 0 spiro atoms. The van der Waals surface area contributed by atoms with Gasteiger partial charge in [-0.1, -0.05) is 18.2 Å². The van der Waals surface area contributed by atoms with E-state index in [0.29, 0.717) is 12.8 Å². The third-order valence-electron chi connectivity index (χ3n) is 3.88. The van der Waals surface area contributed by atoms with Crippen molar-refractivity contribution in [2.45, 2.75) is 25.8 Å². The second-order valence-electron chi connectivity index (χ2n) is 5.39. The van der Waals surface area contributed by atoms with Crippen LogP contribution in [0.3, 0.4) is 0 Å². The van der Waals surface area contributed by atoms with Crippen LogP contribution in [0.2, 0.25) is 0 Å². The maximum absolute atomic E-state index is 12.3. The number of rotatable bonds is 3. The first-order valence-electron chi connectivity index (χ1n) is 7.21. The van der Waals surface area contributed by atoms with E-state index >= 15 is 0 Å². The van der Waals surface area contributed by atoms with Crippen LogP contribution in [0.5, 0.6) is 0 Å². The smallest absolute Gasteiger partial charge is 0.223 e. The lowest BCUT2D eigenvalue weighted by Crippen LogP contribution is -2.52. The summed E-state index contributed by atoms with van der Waals surface area (Å²) in [4.78, 5) is 14.2. The number of benzene rings is 1. The van der Waals surface area contributed by atoms with E-state index in [1.54, 1.807) is 0 Å². The number of hydrogen-bond donors (Lipinski definition) is 1. The van der Waals surface area contributed by atoms with Gasteiger partial charge in [0, 0.05) is 43.9 Å². The predicted molar refractivity (Wildman–Crippen MR) is 85.8 cm³/mol. The van der Waals surface area contributed by atoms with Crippen LogP contribution in [0.15, 0.2) is 34.7 Å². The van der Waals surface area contributed by atoms with Crippen molar-refractivity contribution in [3.05, 3.63) is 36.1 Å². The predicted octanol–water partition coefficient (Wildman–Crippen LogP) is 2.61. The second-order valence-corrected chi connectivity index (χ2v) is 5.39. The SMILES string of the molecule is C[C@@H]1CNCCN1C(=O)CCc1cc2ccccc2o1.Cl. The molecule has 2 aromatic rings. The Balaban J connectivity index is 0.00000161. The Bertz CT molecular complexity index is 578. The van der Waals surface area contributed by atoms with Crippen LogP contribution in [0, 0.1) is 0 Å². The van der Waals surface area contributed by atoms with E-state index in [9.17, 15) is 4.79 Å². The fourth-order valence-corrected chi connectivity index (χ4v) is 2.75. The van der Waals surface area contributed by atoms with E-state index in [0.717, 1.165) is 36.4 Å². The van der Waals surface area contributed by atoms with Gasteiger partial charge in [-0.2, -0.15) is 0 Å². The molecule has 1 atom stereocenters. The highest BCUT2D eigenvalue weighted by Gasteiger charge is 2.22. The van der Waals surface area contributed by atoms with Gasteiger partial charge in [-0.3, -0.25) is 4.79 Å². The van der Waals surface area contributed by atoms with Crippen LogP contribution < -0.4 is 5.32 Å². The number of aryl methyl sites for hydroxylation is 1. The highest BCUT2D eigenvalue weighted by molar-refractivity contribution is 5.85. The molecule has 5 heteroatoms. The number of fused-ring (bicyclic) bond motifs is 1. The summed E-state index contributed by atoms with van der Waals surface area (Å²) >= 11 is 0. The molecule has 1 N–H and O–H groups in total. The zero-order valence-corrected chi connectivity index (χ0v) is 13.0. The van der Waals surface area contributed by atoms with E-state index in [4.69, 9.17) is 4.42 Å². The minimum Gasteiger partial charge on any atom is -0.461 e. The number of para-hydroxylation sites is 1. The maximum Gasteiger partial charge on any atom is 0.223 e. The van der Waals surface area contributed by atoms with Gasteiger partial charge in [0.2, 0.25) is 5.91 Å². The normalized spacial score (nSPS) is 18.5. The molecule has 114 valence electrons. The van der Waals surface area contributed by atoms with Gasteiger partial charge in [0.25, 0.3) is 0 Å². The van der Waals surface area contributed by atoms with Gasteiger partial charge in [0.1, 0.15) is 11.3 Å². The van der Waals surface area contributed by atoms with Gasteiger partial charge in [-0.25, -0.2) is 0 Å². The number of halogens is 1. The van der Waals surface area contributed by atoms with Gasteiger partial charge in [-0.05, 0) is 19.1 Å². The zero-order valence-electron chi connectivity index (χ0n) is 12.2. The summed E-state index contributed by atoms with van der Waals surface area (Å²) in [5.41, 5.74) is 0.894. The molecule has 2 heterocycles. The van der Waals surface area contributed by atoms with Crippen LogP contribution in [-0.2, 0) is 11.2 Å². The number of hydrogen-bond acceptors (Lipinski definition) is 3. The average molecular weight is 309 g/mol. The summed E-state index contributed by atoms with van der Waals surface area (Å²) in [5, 5.41) is 4.40. The number of nitrogens with one attached hydrogen (secondary N) is 1. The number of nitrogens with zero attached hydrogens (tertiary/aromatic N) is 1. The monoisotopic (exact) mass is 308 g/mol. The highest BCUT2D eigenvalue weighted by Crippen LogP contribution is 2.20. The summed E-state index contributed by atoms with van der Waals surface area (Å²) in [6.45, 7) is 4.67. The van der Waals surface area contributed by atoms with Gasteiger partial charge in [-0.15, -0.1) is 12.4 Å². The molecule has 3 rings (SSSR count). The topological polar surface area (TPSA) is 45.5 Å². The summed E-state index contributed by atoms with van der Waals surface area (Å²) in [5.74, 6) is 1.11. The second kappa shape index (κ2) is 6.96. The number of amides is 1. The molecule has 0 radical (unpaired) electrons. The number of carbonyl (C=O) groups is 1. The first-order valence-corrected chi connectivity index (χ1v) is 7.21. The first-order chi connectivity index (χ1) is 9.74. The Morgan fingerprint density at radius 3 is 3.00 bits per heavy atom. The van der Waals surface area contributed by atoms with Crippen LogP contribution in [-0.4, -0.2) is 36.5 Å². The van der Waals surface area contributed by atoms with Crippen molar-refractivity contribution in [3.8, 4) is 0 Å². The van der Waals surface area contributed by atoms with Crippen molar-refractivity contribution >= 4 is 29.3 Å². The lowest BCUT2D eigenvalue weighted by Gasteiger charge is -2.34. The Morgan fingerprint density at radius 2 is 2.24 bits per heavy atom. The van der Waals surface area contributed by atoms with Crippen LogP contribution >= 0.6 is 12.4 Å². The molecule has 21 heavy (non-hydrogen) atoms. The quantitative estimate of drug-likeness (QED) is 0.948. The third kappa shape index (κ3) is 3.57. The van der Waals surface area contributed by atoms with E-state index in [1.165, 1.54) is 0 Å². The third-order valence-corrected chi connectivity index (χ3v) is 3.88. The maximum atomic E-state index is 12.3. The molecule has 0 bridgehead atoms. The lowest BCUT2D eigenvalue weighted by molar-refractivity contribution is -0.133. The fourth-order valence-electron chi connectivity index (χ4n) is 2.75. The van der Waals surface area contributed by atoms with Gasteiger partial charge in [0.05, 0.1) is 0 Å². The van der Waals surface area contributed by atoms with Crippen molar-refractivity contribution in [2.75, 3.05) is 19.6 Å². The van der Waals surface area contributed by atoms with Gasteiger partial charge < -0.3 is 14.6 Å². The molecule has 0 saturated carbocycles. The van der Waals surface area contributed by atoms with Crippen LogP contribution in [0.4, 0.5) is 0 Å². The summed E-state index contributed by atoms with van der Waals surface area (Å²) in [7, 11) is 0. The number of furan rings is 1. The lowest BCUT2D eigenvalue weighted by atomic mass is 10.1. The molecule has 1 aliphatic rings.